The Labute approximate surface area is 159 Å². The lowest BCUT2D eigenvalue weighted by Gasteiger charge is -2.42. The number of rotatable bonds is 6. The zero-order valence-corrected chi connectivity index (χ0v) is 17.8. The molecule has 2 saturated heterocycles. The van der Waals surface area contributed by atoms with Crippen molar-refractivity contribution in [3.63, 3.8) is 0 Å². The zero-order chi connectivity index (χ0) is 19.3. The van der Waals surface area contributed by atoms with Crippen molar-refractivity contribution in [2.75, 3.05) is 45.6 Å². The summed E-state index contributed by atoms with van der Waals surface area (Å²) in [6.45, 7) is 10.7. The average Bonchev–Trinajstić information content (AvgIpc) is 2.58. The summed E-state index contributed by atoms with van der Waals surface area (Å²) in [6.07, 6.45) is 7.22. The summed E-state index contributed by atoms with van der Waals surface area (Å²) in [7, 11) is -3.19. The van der Waals surface area contributed by atoms with Crippen molar-refractivity contribution in [1.82, 2.24) is 10.2 Å². The van der Waals surface area contributed by atoms with E-state index in [-0.39, 0.29) is 0 Å². The Morgan fingerprint density at radius 2 is 1.92 bits per heavy atom. The molecule has 0 spiro atoms. The second kappa shape index (κ2) is 8.91. The molecule has 2 heterocycles. The van der Waals surface area contributed by atoms with Gasteiger partial charge in [-0.05, 0) is 44.4 Å². The van der Waals surface area contributed by atoms with Crippen LogP contribution in [0.15, 0.2) is 4.99 Å². The summed E-state index contributed by atoms with van der Waals surface area (Å²) in [5.74, 6) is 0.865. The van der Waals surface area contributed by atoms with Crippen LogP contribution in [-0.4, -0.2) is 69.7 Å². The molecule has 0 saturated carbocycles. The Hall–Kier alpha value is -0.820. The van der Waals surface area contributed by atoms with Crippen molar-refractivity contribution in [2.24, 2.45) is 10.4 Å². The highest BCUT2D eigenvalue weighted by Crippen LogP contribution is 2.34. The van der Waals surface area contributed by atoms with Crippen LogP contribution in [0.25, 0.3) is 0 Å². The van der Waals surface area contributed by atoms with Gasteiger partial charge in [0.2, 0.25) is 0 Å². The normalized spacial score (nSPS) is 27.4. The molecule has 0 aromatic carbocycles. The van der Waals surface area contributed by atoms with Gasteiger partial charge in [0.1, 0.15) is 0 Å². The zero-order valence-electron chi connectivity index (χ0n) is 17.0. The third-order valence-electron chi connectivity index (χ3n) is 5.98. The van der Waals surface area contributed by atoms with E-state index in [0.29, 0.717) is 38.0 Å². The summed E-state index contributed by atoms with van der Waals surface area (Å²) in [5.41, 5.74) is 0.316. The Balaban J connectivity index is 2.19. The first-order chi connectivity index (χ1) is 12.3. The number of nitrogens with zero attached hydrogens (tertiary/aromatic N) is 2. The minimum atomic E-state index is -3.19. The predicted molar refractivity (Wildman–Crippen MR) is 107 cm³/mol. The van der Waals surface area contributed by atoms with Gasteiger partial charge in [-0.15, -0.1) is 0 Å². The number of nitrogens with one attached hydrogen (secondary N) is 1. The molecule has 0 aromatic rings. The van der Waals surface area contributed by atoms with Crippen LogP contribution < -0.4 is 5.32 Å². The lowest BCUT2D eigenvalue weighted by Crippen LogP contribution is -2.51. The molecule has 6 nitrogen and oxygen atoms in total. The standard InChI is InChI=1S/C19H37N3O3S/c1-5-8-18(3)9-7-12-22(16-18)17(20-6-2)21-15-19(26(4,23)24)10-13-25-14-11-19/h5-16H2,1-4H3,(H,20,21). The van der Waals surface area contributed by atoms with Crippen LogP contribution in [0.5, 0.6) is 0 Å². The lowest BCUT2D eigenvalue weighted by atomic mass is 9.78. The SMILES string of the molecule is CCCC1(C)CCCN(C(=NCC2(S(C)(=O)=O)CCOCC2)NCC)C1. The first-order valence-corrected chi connectivity index (χ1v) is 11.9. The first kappa shape index (κ1) is 21.5. The summed E-state index contributed by atoms with van der Waals surface area (Å²) >= 11 is 0. The maximum Gasteiger partial charge on any atom is 0.193 e. The molecule has 1 unspecified atom stereocenters. The smallest absolute Gasteiger partial charge is 0.193 e. The third-order valence-corrected chi connectivity index (χ3v) is 8.09. The van der Waals surface area contributed by atoms with E-state index in [1.54, 1.807) is 0 Å². The molecular weight excluding hydrogens is 350 g/mol. The van der Waals surface area contributed by atoms with Gasteiger partial charge in [0.15, 0.2) is 15.8 Å². The van der Waals surface area contributed by atoms with Crippen LogP contribution in [-0.2, 0) is 14.6 Å². The second-order valence-corrected chi connectivity index (χ2v) is 10.7. The van der Waals surface area contributed by atoms with E-state index in [1.165, 1.54) is 25.5 Å². The van der Waals surface area contributed by atoms with Gasteiger partial charge in [0.05, 0.1) is 11.3 Å². The Kier molecular flexibility index (Phi) is 7.36. The fourth-order valence-electron chi connectivity index (χ4n) is 4.34. The molecular formula is C19H37N3O3S. The summed E-state index contributed by atoms with van der Waals surface area (Å²) in [4.78, 5) is 7.15. The highest BCUT2D eigenvalue weighted by molar-refractivity contribution is 7.92. The average molecular weight is 388 g/mol. The minimum absolute atomic E-state index is 0.316. The van der Waals surface area contributed by atoms with Crippen molar-refractivity contribution < 1.29 is 13.2 Å². The first-order valence-electron chi connectivity index (χ1n) is 10.1. The van der Waals surface area contributed by atoms with Gasteiger partial charge in [-0.3, -0.25) is 4.99 Å². The molecule has 152 valence electrons. The molecule has 2 fully saturated rings. The molecule has 0 amide bonds. The molecule has 26 heavy (non-hydrogen) atoms. The van der Waals surface area contributed by atoms with E-state index < -0.39 is 14.6 Å². The van der Waals surface area contributed by atoms with Crippen LogP contribution >= 0.6 is 0 Å². The molecule has 2 rings (SSSR count). The summed E-state index contributed by atoms with van der Waals surface area (Å²) in [6, 6.07) is 0. The molecule has 7 heteroatoms. The van der Waals surface area contributed by atoms with Gasteiger partial charge in [-0.1, -0.05) is 20.3 Å². The van der Waals surface area contributed by atoms with Gasteiger partial charge in [-0.2, -0.15) is 0 Å². The van der Waals surface area contributed by atoms with Crippen molar-refractivity contribution in [2.45, 2.75) is 64.0 Å². The van der Waals surface area contributed by atoms with E-state index in [1.807, 2.05) is 0 Å². The summed E-state index contributed by atoms with van der Waals surface area (Å²) < 4.78 is 29.6. The van der Waals surface area contributed by atoms with E-state index in [0.717, 1.165) is 32.0 Å². The topological polar surface area (TPSA) is 71.0 Å². The number of piperidine rings is 1. The highest BCUT2D eigenvalue weighted by atomic mass is 32.2. The molecule has 2 aliphatic heterocycles. The number of ether oxygens (including phenoxy) is 1. The van der Waals surface area contributed by atoms with E-state index >= 15 is 0 Å². The van der Waals surface area contributed by atoms with Gasteiger partial charge in [-0.25, -0.2) is 8.42 Å². The second-order valence-electron chi connectivity index (χ2n) is 8.32. The van der Waals surface area contributed by atoms with Gasteiger partial charge < -0.3 is 15.0 Å². The number of sulfone groups is 1. The third kappa shape index (κ3) is 5.12. The fourth-order valence-corrected chi connectivity index (χ4v) is 5.55. The van der Waals surface area contributed by atoms with E-state index in [9.17, 15) is 8.42 Å². The quantitative estimate of drug-likeness (QED) is 0.560. The molecule has 1 N–H and O–H groups in total. The van der Waals surface area contributed by atoms with E-state index in [4.69, 9.17) is 9.73 Å². The van der Waals surface area contributed by atoms with Crippen molar-refractivity contribution >= 4 is 15.8 Å². The maximum atomic E-state index is 12.5. The number of aliphatic imine (C=N–C) groups is 1. The Bertz CT molecular complexity index is 581. The van der Waals surface area contributed by atoms with Crippen molar-refractivity contribution in [1.29, 1.82) is 0 Å². The van der Waals surface area contributed by atoms with Gasteiger partial charge in [0, 0.05) is 39.1 Å². The molecule has 0 aliphatic carbocycles. The summed E-state index contributed by atoms with van der Waals surface area (Å²) in [5, 5.41) is 3.39. The fraction of sp³-hybridized carbons (Fsp3) is 0.947. The van der Waals surface area contributed by atoms with Gasteiger partial charge >= 0.3 is 0 Å². The number of hydrogen-bond acceptors (Lipinski definition) is 4. The molecule has 2 aliphatic rings. The van der Waals surface area contributed by atoms with Crippen LogP contribution in [0.3, 0.4) is 0 Å². The number of guanidine groups is 1. The largest absolute Gasteiger partial charge is 0.381 e. The Morgan fingerprint density at radius 1 is 1.23 bits per heavy atom. The highest BCUT2D eigenvalue weighted by Gasteiger charge is 2.42. The van der Waals surface area contributed by atoms with Crippen molar-refractivity contribution in [3.8, 4) is 0 Å². The molecule has 0 radical (unpaired) electrons. The number of likely N-dealkylation sites (tertiary alicyclic amines) is 1. The van der Waals surface area contributed by atoms with E-state index in [2.05, 4.69) is 31.0 Å². The lowest BCUT2D eigenvalue weighted by molar-refractivity contribution is 0.0766. The minimum Gasteiger partial charge on any atom is -0.381 e. The monoisotopic (exact) mass is 387 g/mol. The molecule has 1 atom stereocenters. The van der Waals surface area contributed by atoms with Crippen LogP contribution in [0.2, 0.25) is 0 Å². The van der Waals surface area contributed by atoms with Gasteiger partial charge in [0.25, 0.3) is 0 Å². The predicted octanol–water partition coefficient (Wildman–Crippen LogP) is 2.45. The van der Waals surface area contributed by atoms with Crippen LogP contribution in [0.1, 0.15) is 59.3 Å². The number of hydrogen-bond donors (Lipinski definition) is 1. The molecule has 0 bridgehead atoms. The molecule has 0 aromatic heterocycles. The Morgan fingerprint density at radius 3 is 2.50 bits per heavy atom. The van der Waals surface area contributed by atoms with Crippen LogP contribution in [0.4, 0.5) is 0 Å². The van der Waals surface area contributed by atoms with Crippen LogP contribution in [0, 0.1) is 5.41 Å². The maximum absolute atomic E-state index is 12.5. The van der Waals surface area contributed by atoms with Crippen molar-refractivity contribution in [3.05, 3.63) is 0 Å².